The Kier molecular flexibility index (Phi) is 3.89. The van der Waals surface area contributed by atoms with Crippen molar-refractivity contribution < 1.29 is 22.3 Å². The maximum atomic E-state index is 13.2. The molecule has 104 valence electrons. The highest BCUT2D eigenvalue weighted by molar-refractivity contribution is 7.92. The van der Waals surface area contributed by atoms with E-state index in [1.165, 1.54) is 19.2 Å². The minimum Gasteiger partial charge on any atom is -0.496 e. The van der Waals surface area contributed by atoms with E-state index < -0.39 is 26.7 Å². The summed E-state index contributed by atoms with van der Waals surface area (Å²) >= 11 is 0. The first kappa shape index (κ1) is 14.0. The molecule has 1 aliphatic rings. The molecule has 6 heteroatoms. The van der Waals surface area contributed by atoms with Crippen LogP contribution in [-0.4, -0.2) is 32.3 Å². The van der Waals surface area contributed by atoms with Crippen LogP contribution in [0.4, 0.5) is 4.39 Å². The monoisotopic (exact) mass is 286 g/mol. The van der Waals surface area contributed by atoms with Crippen LogP contribution in [0.3, 0.4) is 0 Å². The topological polar surface area (TPSA) is 60.4 Å². The van der Waals surface area contributed by atoms with Gasteiger partial charge >= 0.3 is 0 Å². The van der Waals surface area contributed by atoms with Crippen LogP contribution in [-0.2, 0) is 9.84 Å². The maximum Gasteiger partial charge on any atom is 0.184 e. The Morgan fingerprint density at radius 1 is 1.37 bits per heavy atom. The Bertz CT molecular complexity index is 595. The Morgan fingerprint density at radius 3 is 2.74 bits per heavy atom. The second kappa shape index (κ2) is 5.28. The van der Waals surface area contributed by atoms with Gasteiger partial charge in [0.25, 0.3) is 0 Å². The van der Waals surface area contributed by atoms with E-state index in [0.29, 0.717) is 19.3 Å². The summed E-state index contributed by atoms with van der Waals surface area (Å²) in [7, 11) is -2.08. The highest BCUT2D eigenvalue weighted by Gasteiger charge is 2.36. The number of Topliss-reactive ketones (excluding diaryl/α,β-unsaturated/α-hetero) is 1. The molecule has 0 amide bonds. The molecule has 4 nitrogen and oxygen atoms in total. The van der Waals surface area contributed by atoms with Gasteiger partial charge in [-0.15, -0.1) is 0 Å². The quantitative estimate of drug-likeness (QED) is 0.797. The smallest absolute Gasteiger partial charge is 0.184 e. The summed E-state index contributed by atoms with van der Waals surface area (Å²) in [6.07, 6.45) is 1.56. The van der Waals surface area contributed by atoms with Gasteiger partial charge in [-0.3, -0.25) is 4.79 Å². The molecule has 0 N–H and O–H groups in total. The molecule has 0 bridgehead atoms. The van der Waals surface area contributed by atoms with E-state index >= 15 is 0 Å². The lowest BCUT2D eigenvalue weighted by Gasteiger charge is -2.21. The third-order valence-corrected chi connectivity index (χ3v) is 5.47. The van der Waals surface area contributed by atoms with Gasteiger partial charge in [-0.25, -0.2) is 12.8 Å². The number of hydrogen-bond donors (Lipinski definition) is 0. The van der Waals surface area contributed by atoms with Crippen LogP contribution in [0.1, 0.15) is 29.6 Å². The molecule has 1 aromatic rings. The van der Waals surface area contributed by atoms with Crippen molar-refractivity contribution in [1.29, 1.82) is 0 Å². The number of carbonyl (C=O) groups excluding carboxylic acids is 1. The standard InChI is InChI=1S/C13H15FO4S/c1-18-11-6-5-9(14)8-10(11)13(15)12-4-2-3-7-19(12,16)17/h5-6,8,12H,2-4,7H2,1H3. The lowest BCUT2D eigenvalue weighted by Crippen LogP contribution is -2.35. The zero-order valence-electron chi connectivity index (χ0n) is 10.6. The van der Waals surface area contributed by atoms with Gasteiger partial charge < -0.3 is 4.74 Å². The lowest BCUT2D eigenvalue weighted by molar-refractivity contribution is 0.0978. The normalized spacial score (nSPS) is 21.9. The van der Waals surface area contributed by atoms with Crippen molar-refractivity contribution in [3.05, 3.63) is 29.6 Å². The van der Waals surface area contributed by atoms with Crippen LogP contribution in [0.25, 0.3) is 0 Å². The molecule has 1 aliphatic heterocycles. The second-order valence-corrected chi connectivity index (χ2v) is 6.86. The number of carbonyl (C=O) groups is 1. The Hall–Kier alpha value is -1.43. The molecule has 0 aromatic heterocycles. The van der Waals surface area contributed by atoms with Crippen LogP contribution in [0.2, 0.25) is 0 Å². The molecule has 1 fully saturated rings. The van der Waals surface area contributed by atoms with Crippen LogP contribution in [0.5, 0.6) is 5.75 Å². The minimum absolute atomic E-state index is 0.00188. The summed E-state index contributed by atoms with van der Waals surface area (Å²) in [5, 5.41) is -1.07. The number of benzene rings is 1. The molecule has 1 atom stereocenters. The number of halogens is 1. The number of hydrogen-bond acceptors (Lipinski definition) is 4. The first-order valence-electron chi connectivity index (χ1n) is 6.05. The fraction of sp³-hybridized carbons (Fsp3) is 0.462. The number of sulfone groups is 1. The van der Waals surface area contributed by atoms with Crippen molar-refractivity contribution in [2.45, 2.75) is 24.5 Å². The molecule has 1 saturated heterocycles. The third kappa shape index (κ3) is 2.78. The van der Waals surface area contributed by atoms with Crippen LogP contribution in [0.15, 0.2) is 18.2 Å². The zero-order valence-corrected chi connectivity index (χ0v) is 11.4. The van der Waals surface area contributed by atoms with Crippen molar-refractivity contribution in [2.75, 3.05) is 12.9 Å². The van der Waals surface area contributed by atoms with Gasteiger partial charge in [-0.1, -0.05) is 6.42 Å². The molecule has 1 heterocycles. The fourth-order valence-corrected chi connectivity index (χ4v) is 4.17. The van der Waals surface area contributed by atoms with Gasteiger partial charge in [0.2, 0.25) is 0 Å². The molecule has 1 unspecified atom stereocenters. The number of ketones is 1. The van der Waals surface area contributed by atoms with E-state index in [1.54, 1.807) is 0 Å². The van der Waals surface area contributed by atoms with Crippen LogP contribution >= 0.6 is 0 Å². The predicted molar refractivity (Wildman–Crippen MR) is 68.7 cm³/mol. The summed E-state index contributed by atoms with van der Waals surface area (Å²) in [5.74, 6) is -0.943. The Labute approximate surface area is 111 Å². The van der Waals surface area contributed by atoms with E-state index in [9.17, 15) is 17.6 Å². The fourth-order valence-electron chi connectivity index (χ4n) is 2.30. The molecule has 2 rings (SSSR count). The van der Waals surface area contributed by atoms with Crippen molar-refractivity contribution in [2.24, 2.45) is 0 Å². The molecule has 1 aromatic carbocycles. The number of ether oxygens (including phenoxy) is 1. The molecular weight excluding hydrogens is 271 g/mol. The van der Waals surface area contributed by atoms with Crippen molar-refractivity contribution in [3.8, 4) is 5.75 Å². The predicted octanol–water partition coefficient (Wildman–Crippen LogP) is 1.98. The maximum absolute atomic E-state index is 13.2. The van der Waals surface area contributed by atoms with Gasteiger partial charge in [0.05, 0.1) is 18.4 Å². The minimum atomic E-state index is -3.44. The van der Waals surface area contributed by atoms with Crippen LogP contribution < -0.4 is 4.74 Å². The van der Waals surface area contributed by atoms with E-state index in [0.717, 1.165) is 6.07 Å². The molecule has 0 saturated carbocycles. The first-order chi connectivity index (χ1) is 8.95. The average Bonchev–Trinajstić information content (AvgIpc) is 2.37. The summed E-state index contributed by atoms with van der Waals surface area (Å²) in [4.78, 5) is 12.3. The number of rotatable bonds is 3. The SMILES string of the molecule is COc1ccc(F)cc1C(=O)C1CCCCS1(=O)=O. The van der Waals surface area contributed by atoms with Gasteiger partial charge in [0.1, 0.15) is 16.8 Å². The van der Waals surface area contributed by atoms with Gasteiger partial charge in [0.15, 0.2) is 15.6 Å². The van der Waals surface area contributed by atoms with E-state index in [-0.39, 0.29) is 17.1 Å². The lowest BCUT2D eigenvalue weighted by atomic mass is 10.0. The third-order valence-electron chi connectivity index (χ3n) is 3.30. The summed E-state index contributed by atoms with van der Waals surface area (Å²) < 4.78 is 42.1. The van der Waals surface area contributed by atoms with Gasteiger partial charge in [-0.05, 0) is 31.0 Å². The molecule has 0 radical (unpaired) electrons. The van der Waals surface area contributed by atoms with Gasteiger partial charge in [-0.2, -0.15) is 0 Å². The molecule has 19 heavy (non-hydrogen) atoms. The zero-order chi connectivity index (χ0) is 14.0. The highest BCUT2D eigenvalue weighted by Crippen LogP contribution is 2.27. The molecule has 0 aliphatic carbocycles. The summed E-state index contributed by atoms with van der Waals surface area (Å²) in [6, 6.07) is 3.54. The van der Waals surface area contributed by atoms with Crippen molar-refractivity contribution in [3.63, 3.8) is 0 Å². The van der Waals surface area contributed by atoms with E-state index in [2.05, 4.69) is 0 Å². The van der Waals surface area contributed by atoms with Crippen molar-refractivity contribution in [1.82, 2.24) is 0 Å². The largest absolute Gasteiger partial charge is 0.496 e. The average molecular weight is 286 g/mol. The highest BCUT2D eigenvalue weighted by atomic mass is 32.2. The second-order valence-electron chi connectivity index (χ2n) is 4.56. The Balaban J connectivity index is 2.41. The Morgan fingerprint density at radius 2 is 2.11 bits per heavy atom. The first-order valence-corrected chi connectivity index (χ1v) is 7.76. The summed E-state index contributed by atoms with van der Waals surface area (Å²) in [5.41, 5.74) is -0.00188. The van der Waals surface area contributed by atoms with E-state index in [1.807, 2.05) is 0 Å². The van der Waals surface area contributed by atoms with Crippen molar-refractivity contribution >= 4 is 15.6 Å². The molecular formula is C13H15FO4S. The van der Waals surface area contributed by atoms with Crippen LogP contribution in [0, 0.1) is 5.82 Å². The number of methoxy groups -OCH3 is 1. The summed E-state index contributed by atoms with van der Waals surface area (Å²) in [6.45, 7) is 0. The van der Waals surface area contributed by atoms with E-state index in [4.69, 9.17) is 4.74 Å². The van der Waals surface area contributed by atoms with Gasteiger partial charge in [0, 0.05) is 0 Å². The molecule has 0 spiro atoms.